The molecule has 0 radical (unpaired) electrons. The molecule has 0 N–H and O–H groups in total. The van der Waals surface area contributed by atoms with Gasteiger partial charge >= 0.3 is 0 Å². The zero-order valence-corrected chi connectivity index (χ0v) is 13.6. The molecule has 1 atom stereocenters. The largest absolute Gasteiger partial charge is 0.493 e. The molecule has 4 nitrogen and oxygen atoms in total. The fourth-order valence-electron chi connectivity index (χ4n) is 2.68. The second kappa shape index (κ2) is 5.91. The predicted molar refractivity (Wildman–Crippen MR) is 85.7 cm³/mol. The highest BCUT2D eigenvalue weighted by Gasteiger charge is 2.33. The van der Waals surface area contributed by atoms with E-state index in [1.165, 1.54) is 10.4 Å². The summed E-state index contributed by atoms with van der Waals surface area (Å²) in [7, 11) is -2.08. The third-order valence-corrected chi connectivity index (χ3v) is 6.23. The summed E-state index contributed by atoms with van der Waals surface area (Å²) >= 11 is 6.06. The minimum absolute atomic E-state index is 0.128. The van der Waals surface area contributed by atoms with Crippen molar-refractivity contribution in [1.29, 1.82) is 0 Å². The smallest absolute Gasteiger partial charge is 0.244 e. The summed E-state index contributed by atoms with van der Waals surface area (Å²) in [6.07, 6.45) is 0.608. The Labute approximate surface area is 135 Å². The van der Waals surface area contributed by atoms with Crippen LogP contribution in [0.1, 0.15) is 18.0 Å². The van der Waals surface area contributed by atoms with E-state index < -0.39 is 10.0 Å². The summed E-state index contributed by atoms with van der Waals surface area (Å²) in [5.41, 5.74) is 0.881. The van der Waals surface area contributed by atoms with Crippen molar-refractivity contribution in [1.82, 2.24) is 4.31 Å². The summed E-state index contributed by atoms with van der Waals surface area (Å²) in [5, 5.41) is 0.231. The number of nitrogens with zero attached hydrogens (tertiary/aromatic N) is 1. The number of rotatable bonds is 3. The van der Waals surface area contributed by atoms with Crippen molar-refractivity contribution in [3.8, 4) is 5.75 Å². The van der Waals surface area contributed by atoms with E-state index >= 15 is 0 Å². The molecule has 0 amide bonds. The number of benzene rings is 2. The molecular formula is C16H16ClNO3S. The van der Waals surface area contributed by atoms with Crippen molar-refractivity contribution in [3.05, 3.63) is 59.1 Å². The van der Waals surface area contributed by atoms with Crippen molar-refractivity contribution < 1.29 is 13.2 Å². The molecule has 116 valence electrons. The van der Waals surface area contributed by atoms with Crippen LogP contribution < -0.4 is 4.74 Å². The third-order valence-electron chi connectivity index (χ3n) is 3.86. The zero-order valence-electron chi connectivity index (χ0n) is 12.1. The first-order valence-corrected chi connectivity index (χ1v) is 8.78. The number of sulfonamides is 1. The van der Waals surface area contributed by atoms with Gasteiger partial charge in [-0.15, -0.1) is 0 Å². The van der Waals surface area contributed by atoms with Gasteiger partial charge in [0.05, 0.1) is 17.7 Å². The predicted octanol–water partition coefficient (Wildman–Crippen LogP) is 3.48. The van der Waals surface area contributed by atoms with E-state index in [1.54, 1.807) is 25.2 Å². The molecule has 0 saturated heterocycles. The maximum absolute atomic E-state index is 12.9. The van der Waals surface area contributed by atoms with E-state index in [4.69, 9.17) is 16.3 Å². The number of para-hydroxylation sites is 1. The molecule has 2 aromatic carbocycles. The van der Waals surface area contributed by atoms with Crippen LogP contribution >= 0.6 is 11.6 Å². The van der Waals surface area contributed by atoms with Crippen LogP contribution in [0.5, 0.6) is 5.75 Å². The first kappa shape index (κ1) is 15.3. The topological polar surface area (TPSA) is 46.6 Å². The molecule has 0 aliphatic carbocycles. The van der Waals surface area contributed by atoms with Crippen molar-refractivity contribution in [2.75, 3.05) is 13.7 Å². The highest BCUT2D eigenvalue weighted by atomic mass is 35.5. The number of hydrogen-bond donors (Lipinski definition) is 0. The minimum Gasteiger partial charge on any atom is -0.493 e. The monoisotopic (exact) mass is 337 g/mol. The lowest BCUT2D eigenvalue weighted by atomic mass is 10.0. The molecule has 0 spiro atoms. The molecule has 0 aromatic heterocycles. The van der Waals surface area contributed by atoms with Crippen LogP contribution in [-0.2, 0) is 10.0 Å². The van der Waals surface area contributed by atoms with Crippen molar-refractivity contribution >= 4 is 21.6 Å². The Kier molecular flexibility index (Phi) is 4.12. The summed E-state index contributed by atoms with van der Waals surface area (Å²) in [6, 6.07) is 13.8. The Bertz CT molecular complexity index is 791. The zero-order chi connectivity index (χ0) is 15.7. The van der Waals surface area contributed by atoms with Gasteiger partial charge < -0.3 is 4.74 Å². The lowest BCUT2D eigenvalue weighted by molar-refractivity contribution is 0.221. The lowest BCUT2D eigenvalue weighted by Crippen LogP contribution is -2.34. The Morgan fingerprint density at radius 1 is 1.14 bits per heavy atom. The van der Waals surface area contributed by atoms with E-state index in [-0.39, 0.29) is 16.0 Å². The van der Waals surface area contributed by atoms with Gasteiger partial charge in [-0.25, -0.2) is 8.42 Å². The third kappa shape index (κ3) is 2.60. The van der Waals surface area contributed by atoms with E-state index in [9.17, 15) is 8.42 Å². The van der Waals surface area contributed by atoms with Crippen LogP contribution in [0.15, 0.2) is 53.4 Å². The Balaban J connectivity index is 2.02. The quantitative estimate of drug-likeness (QED) is 0.861. The standard InChI is InChI=1S/C16H16ClNO3S/c1-18(22(19,20)16-9-5-3-7-13(16)17)14-10-11-21-15-8-4-2-6-12(14)15/h2-9,14H,10-11H2,1H3. The molecule has 0 saturated carbocycles. The van der Waals surface area contributed by atoms with Crippen molar-refractivity contribution in [2.45, 2.75) is 17.4 Å². The fraction of sp³-hybridized carbons (Fsp3) is 0.250. The van der Waals surface area contributed by atoms with Crippen molar-refractivity contribution in [3.63, 3.8) is 0 Å². The van der Waals surface area contributed by atoms with Gasteiger partial charge in [-0.2, -0.15) is 4.31 Å². The average Bonchev–Trinajstić information content (AvgIpc) is 2.54. The van der Waals surface area contributed by atoms with E-state index in [0.29, 0.717) is 13.0 Å². The first-order chi connectivity index (χ1) is 10.5. The van der Waals surface area contributed by atoms with Gasteiger partial charge in [-0.1, -0.05) is 41.9 Å². The number of ether oxygens (including phenoxy) is 1. The molecule has 1 aliphatic heterocycles. The van der Waals surface area contributed by atoms with Gasteiger partial charge in [0.1, 0.15) is 10.6 Å². The van der Waals surface area contributed by atoms with Crippen molar-refractivity contribution in [2.24, 2.45) is 0 Å². The molecule has 2 aromatic rings. The summed E-state index contributed by atoms with van der Waals surface area (Å²) in [4.78, 5) is 0.128. The number of hydrogen-bond acceptors (Lipinski definition) is 3. The van der Waals surface area contributed by atoms with E-state index in [2.05, 4.69) is 0 Å². The van der Waals surface area contributed by atoms with E-state index in [0.717, 1.165) is 11.3 Å². The number of fused-ring (bicyclic) bond motifs is 1. The summed E-state index contributed by atoms with van der Waals surface area (Å²) in [5.74, 6) is 0.736. The second-order valence-electron chi connectivity index (χ2n) is 5.14. The summed E-state index contributed by atoms with van der Waals surface area (Å²) < 4.78 is 32.7. The minimum atomic E-state index is -3.67. The molecule has 1 aliphatic rings. The lowest BCUT2D eigenvalue weighted by Gasteiger charge is -2.32. The van der Waals surface area contributed by atoms with Gasteiger partial charge in [0.15, 0.2) is 0 Å². The maximum atomic E-state index is 12.9. The molecule has 0 bridgehead atoms. The highest BCUT2D eigenvalue weighted by molar-refractivity contribution is 7.89. The average molecular weight is 338 g/mol. The van der Waals surface area contributed by atoms with Crippen LogP contribution in [0.2, 0.25) is 5.02 Å². The fourth-order valence-corrected chi connectivity index (χ4v) is 4.54. The first-order valence-electron chi connectivity index (χ1n) is 6.96. The molecule has 1 heterocycles. The van der Waals surface area contributed by atoms with Gasteiger partial charge in [0.25, 0.3) is 0 Å². The normalized spacial score (nSPS) is 17.9. The molecule has 3 rings (SSSR count). The Morgan fingerprint density at radius 2 is 1.82 bits per heavy atom. The molecule has 1 unspecified atom stereocenters. The molecule has 0 fully saturated rings. The molecular weight excluding hydrogens is 322 g/mol. The molecule has 22 heavy (non-hydrogen) atoms. The van der Waals surface area contributed by atoms with Crippen LogP contribution in [-0.4, -0.2) is 26.4 Å². The van der Waals surface area contributed by atoms with Crippen LogP contribution in [0.4, 0.5) is 0 Å². The molecule has 6 heteroatoms. The second-order valence-corrected chi connectivity index (χ2v) is 7.52. The Morgan fingerprint density at radius 3 is 2.59 bits per heavy atom. The van der Waals surface area contributed by atoms with Gasteiger partial charge in [-0.3, -0.25) is 0 Å². The Hall–Kier alpha value is -1.56. The highest BCUT2D eigenvalue weighted by Crippen LogP contribution is 2.38. The van der Waals surface area contributed by atoms with Crippen LogP contribution in [0, 0.1) is 0 Å². The SMILES string of the molecule is CN(C1CCOc2ccccc21)S(=O)(=O)c1ccccc1Cl. The number of halogens is 1. The maximum Gasteiger partial charge on any atom is 0.244 e. The van der Waals surface area contributed by atoms with Crippen LogP contribution in [0.25, 0.3) is 0 Å². The van der Waals surface area contributed by atoms with Gasteiger partial charge in [0, 0.05) is 19.0 Å². The van der Waals surface area contributed by atoms with Crippen LogP contribution in [0.3, 0.4) is 0 Å². The van der Waals surface area contributed by atoms with E-state index in [1.807, 2.05) is 24.3 Å². The van der Waals surface area contributed by atoms with Gasteiger partial charge in [-0.05, 0) is 18.2 Å². The van der Waals surface area contributed by atoms with Gasteiger partial charge in [0.2, 0.25) is 10.0 Å². The summed E-state index contributed by atoms with van der Waals surface area (Å²) in [6.45, 7) is 0.490.